The van der Waals surface area contributed by atoms with Gasteiger partial charge in [-0.1, -0.05) is 11.6 Å². The molecule has 0 aliphatic carbocycles. The van der Waals surface area contributed by atoms with E-state index in [1.807, 2.05) is 40.4 Å². The zero-order valence-corrected chi connectivity index (χ0v) is 19.3. The number of thiazole rings is 1. The van der Waals surface area contributed by atoms with Gasteiger partial charge in [-0.05, 0) is 55.0 Å². The van der Waals surface area contributed by atoms with Crippen molar-refractivity contribution in [1.29, 1.82) is 0 Å². The van der Waals surface area contributed by atoms with Crippen molar-refractivity contribution in [2.45, 2.75) is 25.9 Å². The van der Waals surface area contributed by atoms with Gasteiger partial charge in [0.05, 0.1) is 18.7 Å². The zero-order valence-electron chi connectivity index (χ0n) is 16.9. The molecular formula is C23H19Cl2FN4OS. The van der Waals surface area contributed by atoms with Gasteiger partial charge in [-0.25, -0.2) is 23.5 Å². The van der Waals surface area contributed by atoms with E-state index in [0.29, 0.717) is 15.8 Å². The van der Waals surface area contributed by atoms with E-state index in [0.717, 1.165) is 42.0 Å². The van der Waals surface area contributed by atoms with Gasteiger partial charge in [-0.15, -0.1) is 23.7 Å². The Morgan fingerprint density at radius 1 is 1.16 bits per heavy atom. The molecule has 1 aliphatic heterocycles. The molecule has 4 aromatic rings. The number of hydrogen-bond acceptors (Lipinski definition) is 4. The number of nitrogens with zero attached hydrogens (tertiary/aromatic N) is 4. The van der Waals surface area contributed by atoms with Crippen LogP contribution in [0.4, 0.5) is 9.52 Å². The lowest BCUT2D eigenvalue weighted by molar-refractivity contribution is -0.693. The minimum absolute atomic E-state index is 0. The summed E-state index contributed by atoms with van der Waals surface area (Å²) in [5.74, 6) is 0.571. The highest BCUT2D eigenvalue weighted by Crippen LogP contribution is 2.28. The first-order valence-corrected chi connectivity index (χ1v) is 11.2. The summed E-state index contributed by atoms with van der Waals surface area (Å²) in [6.45, 7) is 1.09. The molecule has 0 radical (unpaired) electrons. The summed E-state index contributed by atoms with van der Waals surface area (Å²) in [6.07, 6.45) is 3.99. The molecule has 9 heteroatoms. The Bertz CT molecular complexity index is 1270. The number of rotatable bonds is 5. The number of hydrogen-bond donors (Lipinski definition) is 0. The Labute approximate surface area is 199 Å². The van der Waals surface area contributed by atoms with Crippen molar-refractivity contribution in [1.82, 2.24) is 9.55 Å². The summed E-state index contributed by atoms with van der Waals surface area (Å²) in [6, 6.07) is 13.8. The molecule has 0 fully saturated rings. The lowest BCUT2D eigenvalue weighted by Crippen LogP contribution is -2.43. The summed E-state index contributed by atoms with van der Waals surface area (Å²) >= 11 is 7.32. The number of halogens is 3. The normalized spacial score (nSPS) is 13.1. The van der Waals surface area contributed by atoms with Crippen molar-refractivity contribution >= 4 is 46.4 Å². The van der Waals surface area contributed by atoms with Gasteiger partial charge in [0.25, 0.3) is 5.82 Å². The number of fused-ring (bicyclic) bond motifs is 1. The van der Waals surface area contributed by atoms with Gasteiger partial charge in [-0.3, -0.25) is 0 Å². The standard InChI is InChI=1S/C23H18ClFN4OS.ClH/c24-17-7-3-16(4-8-17)20-12-28(22-2-1-11-29(20)22)13-21(30)27-23-26-19(14-31-23)15-5-9-18(25)10-6-15;/h3-10,12,14H,1-2,11,13H2;1H. The van der Waals surface area contributed by atoms with Gasteiger partial charge >= 0.3 is 0 Å². The summed E-state index contributed by atoms with van der Waals surface area (Å²) in [5, 5.41) is 15.6. The smallest absolute Gasteiger partial charge is 0.257 e. The summed E-state index contributed by atoms with van der Waals surface area (Å²) in [4.78, 5) is 8.59. The highest BCUT2D eigenvalue weighted by Gasteiger charge is 2.28. The molecule has 0 amide bonds. The predicted octanol–water partition coefficient (Wildman–Crippen LogP) is 4.82. The molecule has 164 valence electrons. The Hall–Kier alpha value is -2.74. The number of aliphatic imine (C=N–C) groups is 1. The van der Waals surface area contributed by atoms with Gasteiger partial charge in [0.2, 0.25) is 5.13 Å². The number of imidazole rings is 1. The van der Waals surface area contributed by atoms with E-state index in [4.69, 9.17) is 11.6 Å². The molecular weight excluding hydrogens is 470 g/mol. The highest BCUT2D eigenvalue weighted by molar-refractivity contribution is 7.13. The van der Waals surface area contributed by atoms with Crippen molar-refractivity contribution in [2.24, 2.45) is 4.99 Å². The average Bonchev–Trinajstić information content (AvgIpc) is 3.48. The van der Waals surface area contributed by atoms with E-state index in [2.05, 4.69) is 14.5 Å². The van der Waals surface area contributed by atoms with E-state index in [-0.39, 0.29) is 30.7 Å². The summed E-state index contributed by atoms with van der Waals surface area (Å²) < 4.78 is 17.4. The number of benzene rings is 2. The van der Waals surface area contributed by atoms with Gasteiger partial charge in [0.15, 0.2) is 5.69 Å². The zero-order chi connectivity index (χ0) is 21.4. The van der Waals surface area contributed by atoms with Gasteiger partial charge < -0.3 is 5.11 Å². The van der Waals surface area contributed by atoms with Gasteiger partial charge in [-0.2, -0.15) is 0 Å². The van der Waals surface area contributed by atoms with Crippen LogP contribution in [0.2, 0.25) is 5.02 Å². The molecule has 0 saturated heterocycles. The van der Waals surface area contributed by atoms with Crippen molar-refractivity contribution in [2.75, 3.05) is 0 Å². The van der Waals surface area contributed by atoms with E-state index in [1.54, 1.807) is 12.1 Å². The molecule has 5 nitrogen and oxygen atoms in total. The highest BCUT2D eigenvalue weighted by atomic mass is 35.5. The second kappa shape index (κ2) is 9.40. The van der Waals surface area contributed by atoms with Crippen LogP contribution in [0.1, 0.15) is 12.2 Å². The maximum absolute atomic E-state index is 13.1. The van der Waals surface area contributed by atoms with Crippen LogP contribution in [0.15, 0.2) is 65.1 Å². The van der Waals surface area contributed by atoms with Crippen molar-refractivity contribution < 1.29 is 14.1 Å². The third kappa shape index (κ3) is 4.55. The molecule has 2 aromatic heterocycles. The maximum Gasteiger partial charge on any atom is 0.257 e. The van der Waals surface area contributed by atoms with Gasteiger partial charge in [0.1, 0.15) is 18.6 Å². The van der Waals surface area contributed by atoms with Gasteiger partial charge in [0, 0.05) is 27.4 Å². The summed E-state index contributed by atoms with van der Waals surface area (Å²) in [5.41, 5.74) is 3.61. The summed E-state index contributed by atoms with van der Waals surface area (Å²) in [7, 11) is 0. The SMILES string of the molecule is Cl.[O-]C(C[n+]1cc(-c2ccc(Cl)cc2)n2c1CCC2)=Nc1nc(-c2ccc(F)cc2)cs1. The molecule has 0 saturated carbocycles. The fraction of sp³-hybridized carbons (Fsp3) is 0.174. The van der Waals surface area contributed by atoms with E-state index in [9.17, 15) is 9.50 Å². The molecule has 5 rings (SSSR count). The van der Waals surface area contributed by atoms with Crippen LogP contribution in [-0.2, 0) is 19.5 Å². The predicted molar refractivity (Wildman–Crippen MR) is 125 cm³/mol. The minimum atomic E-state index is -0.297. The first kappa shape index (κ1) is 22.5. The van der Waals surface area contributed by atoms with Crippen molar-refractivity contribution in [3.05, 3.63) is 76.8 Å². The maximum atomic E-state index is 13.1. The second-order valence-corrected chi connectivity index (χ2v) is 8.62. The molecule has 0 atom stereocenters. The fourth-order valence-corrected chi connectivity index (χ4v) is 4.69. The van der Waals surface area contributed by atoms with Crippen LogP contribution in [-0.4, -0.2) is 15.4 Å². The quantitative estimate of drug-likeness (QED) is 0.229. The Morgan fingerprint density at radius 2 is 1.88 bits per heavy atom. The Kier molecular flexibility index (Phi) is 6.60. The lowest BCUT2D eigenvalue weighted by Gasteiger charge is -2.07. The van der Waals surface area contributed by atoms with Crippen LogP contribution in [0.3, 0.4) is 0 Å². The molecule has 0 N–H and O–H groups in total. The molecule has 1 aliphatic rings. The topological polar surface area (TPSA) is 57.1 Å². The minimum Gasteiger partial charge on any atom is -0.859 e. The third-order valence-corrected chi connectivity index (χ3v) is 6.28. The molecule has 0 bridgehead atoms. The van der Waals surface area contributed by atoms with E-state index < -0.39 is 0 Å². The van der Waals surface area contributed by atoms with Crippen LogP contribution in [0, 0.1) is 5.82 Å². The largest absolute Gasteiger partial charge is 0.859 e. The fourth-order valence-electron chi connectivity index (χ4n) is 3.85. The molecule has 32 heavy (non-hydrogen) atoms. The first-order valence-electron chi connectivity index (χ1n) is 9.91. The van der Waals surface area contributed by atoms with E-state index in [1.165, 1.54) is 23.5 Å². The van der Waals surface area contributed by atoms with Crippen molar-refractivity contribution in [3.8, 4) is 22.5 Å². The number of aromatic nitrogens is 3. The molecule has 0 unspecified atom stereocenters. The van der Waals surface area contributed by atoms with Crippen molar-refractivity contribution in [3.63, 3.8) is 0 Å². The van der Waals surface area contributed by atoms with Crippen LogP contribution >= 0.6 is 35.3 Å². The Balaban J connectivity index is 0.00000245. The first-order chi connectivity index (χ1) is 15.1. The monoisotopic (exact) mass is 488 g/mol. The second-order valence-electron chi connectivity index (χ2n) is 7.35. The molecule has 2 aromatic carbocycles. The molecule has 3 heterocycles. The third-order valence-electron chi connectivity index (χ3n) is 5.29. The van der Waals surface area contributed by atoms with E-state index >= 15 is 0 Å². The Morgan fingerprint density at radius 3 is 2.62 bits per heavy atom. The van der Waals surface area contributed by atoms with Crippen LogP contribution < -0.4 is 9.67 Å². The lowest BCUT2D eigenvalue weighted by atomic mass is 10.2. The van der Waals surface area contributed by atoms with Crippen LogP contribution in [0.5, 0.6) is 0 Å². The molecule has 0 spiro atoms. The van der Waals surface area contributed by atoms with Crippen LogP contribution in [0.25, 0.3) is 22.5 Å². The average molecular weight is 489 g/mol.